The van der Waals surface area contributed by atoms with Gasteiger partial charge >= 0.3 is 0 Å². The van der Waals surface area contributed by atoms with Crippen molar-refractivity contribution < 1.29 is 5.11 Å². The van der Waals surface area contributed by atoms with Gasteiger partial charge in [-0.15, -0.1) is 21.8 Å². The third-order valence-corrected chi connectivity index (χ3v) is 5.39. The molecule has 1 aliphatic rings. The second kappa shape index (κ2) is 8.54. The maximum atomic E-state index is 9.65. The van der Waals surface area contributed by atoms with Crippen LogP contribution in [0, 0.1) is 0 Å². The highest BCUT2D eigenvalue weighted by atomic mass is 35.5. The standard InChI is InChI=1S/C16H19Cl3N6O/c17-8-10(26)9-24-4-6-25(7-5-24)16-21-15(20)14(22-23-16)11-2-1-3-12(18)13(11)19/h1-3,10,26H,4-9H2,(H2,20,21,23)/t10-/m1/s1. The van der Waals surface area contributed by atoms with E-state index in [4.69, 9.17) is 40.5 Å². The zero-order valence-electron chi connectivity index (χ0n) is 13.9. The van der Waals surface area contributed by atoms with Gasteiger partial charge in [0.2, 0.25) is 5.95 Å². The van der Waals surface area contributed by atoms with Crippen molar-refractivity contribution in [2.45, 2.75) is 6.10 Å². The number of nitrogen functional groups attached to an aromatic ring is 1. The van der Waals surface area contributed by atoms with Crippen LogP contribution in [0.2, 0.25) is 10.0 Å². The predicted molar refractivity (Wildman–Crippen MR) is 105 cm³/mol. The fourth-order valence-corrected chi connectivity index (χ4v) is 3.31. The quantitative estimate of drug-likeness (QED) is 0.720. The third-order valence-electron chi connectivity index (χ3n) is 4.21. The van der Waals surface area contributed by atoms with E-state index < -0.39 is 6.10 Å². The van der Waals surface area contributed by atoms with Crippen molar-refractivity contribution in [3.05, 3.63) is 28.2 Å². The maximum absolute atomic E-state index is 9.65. The van der Waals surface area contributed by atoms with E-state index in [1.54, 1.807) is 18.2 Å². The van der Waals surface area contributed by atoms with Crippen LogP contribution in [0.1, 0.15) is 0 Å². The highest BCUT2D eigenvalue weighted by Gasteiger charge is 2.22. The molecule has 1 atom stereocenters. The SMILES string of the molecule is Nc1nc(N2CCN(C[C@H](O)CCl)CC2)nnc1-c1cccc(Cl)c1Cl. The number of aliphatic hydroxyl groups is 1. The minimum atomic E-state index is -0.515. The normalized spacial score (nSPS) is 16.7. The summed E-state index contributed by atoms with van der Waals surface area (Å²) in [5.74, 6) is 0.957. The van der Waals surface area contributed by atoms with E-state index in [0.29, 0.717) is 46.9 Å². The molecule has 3 rings (SSSR count). The van der Waals surface area contributed by atoms with E-state index in [-0.39, 0.29) is 11.7 Å². The van der Waals surface area contributed by atoms with Crippen LogP contribution in [0.25, 0.3) is 11.3 Å². The van der Waals surface area contributed by atoms with Crippen LogP contribution in [-0.4, -0.2) is 69.9 Å². The van der Waals surface area contributed by atoms with Gasteiger partial charge in [-0.05, 0) is 6.07 Å². The summed E-state index contributed by atoms with van der Waals surface area (Å²) in [5, 5.41) is 18.9. The van der Waals surface area contributed by atoms with E-state index in [1.807, 2.05) is 4.90 Å². The van der Waals surface area contributed by atoms with Gasteiger partial charge in [-0.2, -0.15) is 4.98 Å². The van der Waals surface area contributed by atoms with E-state index >= 15 is 0 Å². The molecule has 2 aromatic rings. The Kier molecular flexibility index (Phi) is 6.37. The Hall–Kier alpha value is -1.38. The average Bonchev–Trinajstić information content (AvgIpc) is 2.65. The van der Waals surface area contributed by atoms with E-state index in [1.165, 1.54) is 0 Å². The number of anilines is 2. The summed E-state index contributed by atoms with van der Waals surface area (Å²) in [4.78, 5) is 8.55. The molecule has 0 spiro atoms. The second-order valence-corrected chi connectivity index (χ2v) is 7.14. The minimum absolute atomic E-state index is 0.233. The third kappa shape index (κ3) is 4.29. The highest BCUT2D eigenvalue weighted by molar-refractivity contribution is 6.43. The lowest BCUT2D eigenvalue weighted by molar-refractivity contribution is 0.125. The lowest BCUT2D eigenvalue weighted by Gasteiger charge is -2.35. The molecule has 2 heterocycles. The Morgan fingerprint density at radius 1 is 1.15 bits per heavy atom. The summed E-state index contributed by atoms with van der Waals surface area (Å²) in [6, 6.07) is 5.24. The highest BCUT2D eigenvalue weighted by Crippen LogP contribution is 2.34. The summed E-state index contributed by atoms with van der Waals surface area (Å²) in [7, 11) is 0. The van der Waals surface area contributed by atoms with Gasteiger partial charge < -0.3 is 15.7 Å². The zero-order valence-corrected chi connectivity index (χ0v) is 16.2. The van der Waals surface area contributed by atoms with Crippen LogP contribution < -0.4 is 10.6 Å². The number of benzene rings is 1. The number of piperazine rings is 1. The monoisotopic (exact) mass is 416 g/mol. The Morgan fingerprint density at radius 2 is 1.88 bits per heavy atom. The molecule has 1 aromatic heterocycles. The van der Waals surface area contributed by atoms with Gasteiger partial charge in [-0.1, -0.05) is 35.3 Å². The Labute approximate surface area is 166 Å². The van der Waals surface area contributed by atoms with Crippen molar-refractivity contribution in [1.82, 2.24) is 20.1 Å². The fourth-order valence-electron chi connectivity index (χ4n) is 2.82. The van der Waals surface area contributed by atoms with Crippen LogP contribution in [0.4, 0.5) is 11.8 Å². The van der Waals surface area contributed by atoms with Crippen LogP contribution in [0.3, 0.4) is 0 Å². The first-order chi connectivity index (χ1) is 12.5. The number of alkyl halides is 1. The van der Waals surface area contributed by atoms with Gasteiger partial charge in [-0.3, -0.25) is 4.90 Å². The van der Waals surface area contributed by atoms with E-state index in [2.05, 4.69) is 20.1 Å². The molecule has 140 valence electrons. The first-order valence-electron chi connectivity index (χ1n) is 8.15. The first kappa shape index (κ1) is 19.4. The molecule has 0 amide bonds. The van der Waals surface area contributed by atoms with Gasteiger partial charge in [-0.25, -0.2) is 0 Å². The van der Waals surface area contributed by atoms with Crippen LogP contribution in [-0.2, 0) is 0 Å². The Morgan fingerprint density at radius 3 is 2.54 bits per heavy atom. The van der Waals surface area contributed by atoms with E-state index in [9.17, 15) is 5.11 Å². The molecule has 0 bridgehead atoms. The fraction of sp³-hybridized carbons (Fsp3) is 0.438. The summed E-state index contributed by atoms with van der Waals surface area (Å²) in [6.45, 7) is 3.55. The molecule has 7 nitrogen and oxygen atoms in total. The van der Waals surface area contributed by atoms with Crippen molar-refractivity contribution >= 4 is 46.6 Å². The van der Waals surface area contributed by atoms with Gasteiger partial charge in [0.1, 0.15) is 5.69 Å². The van der Waals surface area contributed by atoms with Crippen molar-refractivity contribution in [3.8, 4) is 11.3 Å². The number of hydrogen-bond acceptors (Lipinski definition) is 7. The summed E-state index contributed by atoms with van der Waals surface area (Å²) < 4.78 is 0. The number of halogens is 3. The average molecular weight is 418 g/mol. The summed E-state index contributed by atoms with van der Waals surface area (Å²) in [6.07, 6.45) is -0.515. The Bertz CT molecular complexity index is 770. The number of hydrogen-bond donors (Lipinski definition) is 2. The second-order valence-electron chi connectivity index (χ2n) is 6.04. The molecule has 0 radical (unpaired) electrons. The molecular formula is C16H19Cl3N6O. The van der Waals surface area contributed by atoms with Crippen molar-refractivity contribution in [1.29, 1.82) is 0 Å². The number of rotatable bonds is 5. The lowest BCUT2D eigenvalue weighted by atomic mass is 10.1. The van der Waals surface area contributed by atoms with Crippen LogP contribution in [0.5, 0.6) is 0 Å². The van der Waals surface area contributed by atoms with Gasteiger partial charge in [0, 0.05) is 44.2 Å². The molecule has 3 N–H and O–H groups in total. The molecule has 0 saturated carbocycles. The largest absolute Gasteiger partial charge is 0.391 e. The smallest absolute Gasteiger partial charge is 0.247 e. The molecule has 1 aromatic carbocycles. The molecule has 1 aliphatic heterocycles. The first-order valence-corrected chi connectivity index (χ1v) is 9.44. The molecule has 1 fully saturated rings. The zero-order chi connectivity index (χ0) is 18.7. The van der Waals surface area contributed by atoms with Gasteiger partial charge in [0.25, 0.3) is 0 Å². The van der Waals surface area contributed by atoms with Crippen molar-refractivity contribution in [2.24, 2.45) is 0 Å². The predicted octanol–water partition coefficient (Wildman–Crippen LogP) is 2.15. The summed E-state index contributed by atoms with van der Waals surface area (Å²) in [5.41, 5.74) is 7.10. The molecule has 1 saturated heterocycles. The van der Waals surface area contributed by atoms with E-state index in [0.717, 1.165) is 13.1 Å². The topological polar surface area (TPSA) is 91.4 Å². The molecule has 0 unspecified atom stereocenters. The van der Waals surface area contributed by atoms with Crippen molar-refractivity contribution in [2.75, 3.05) is 49.2 Å². The number of aliphatic hydroxyl groups excluding tert-OH is 1. The van der Waals surface area contributed by atoms with Gasteiger partial charge in [0.05, 0.1) is 16.1 Å². The number of β-amino-alcohol motifs (C(OH)–C–C–N with tert-alkyl or cyclic N) is 1. The molecule has 26 heavy (non-hydrogen) atoms. The minimum Gasteiger partial charge on any atom is -0.391 e. The van der Waals surface area contributed by atoms with Crippen molar-refractivity contribution in [3.63, 3.8) is 0 Å². The Balaban J connectivity index is 1.72. The number of nitrogens with two attached hydrogens (primary N) is 1. The van der Waals surface area contributed by atoms with Crippen LogP contribution >= 0.6 is 34.8 Å². The summed E-state index contributed by atoms with van der Waals surface area (Å²) >= 11 is 17.9. The lowest BCUT2D eigenvalue weighted by Crippen LogP contribution is -2.49. The molecule has 10 heteroatoms. The number of aromatic nitrogens is 3. The molecular weight excluding hydrogens is 399 g/mol. The maximum Gasteiger partial charge on any atom is 0.247 e. The van der Waals surface area contributed by atoms with Gasteiger partial charge in [0.15, 0.2) is 5.82 Å². The molecule has 0 aliphatic carbocycles. The number of nitrogens with zero attached hydrogens (tertiary/aromatic N) is 5. The van der Waals surface area contributed by atoms with Crippen LogP contribution in [0.15, 0.2) is 18.2 Å².